The van der Waals surface area contributed by atoms with Crippen LogP contribution >= 0.6 is 0 Å². The largest absolute Gasteiger partial charge is 0.490 e. The summed E-state index contributed by atoms with van der Waals surface area (Å²) in [6.45, 7) is 3.70. The molecular weight excluding hydrogens is 353 g/mol. The predicted molar refractivity (Wildman–Crippen MR) is 86.2 cm³/mol. The van der Waals surface area contributed by atoms with Crippen LogP contribution in [0.5, 0.6) is 5.75 Å². The molecule has 0 aliphatic heterocycles. The highest BCUT2D eigenvalue weighted by molar-refractivity contribution is 5.97. The van der Waals surface area contributed by atoms with Crippen molar-refractivity contribution in [1.29, 1.82) is 0 Å². The van der Waals surface area contributed by atoms with E-state index in [0.29, 0.717) is 23.7 Å². The number of Topliss-reactive ketones (excluding diaryl/α,β-unsaturated/α-hetero) is 1. The molecule has 0 saturated heterocycles. The van der Waals surface area contributed by atoms with Crippen molar-refractivity contribution in [3.63, 3.8) is 0 Å². The van der Waals surface area contributed by atoms with Gasteiger partial charge in [-0.05, 0) is 26.0 Å². The van der Waals surface area contributed by atoms with Gasteiger partial charge in [-0.2, -0.15) is 13.2 Å². The van der Waals surface area contributed by atoms with Crippen LogP contribution in [0.1, 0.15) is 35.9 Å². The number of aromatic nitrogens is 2. The van der Waals surface area contributed by atoms with Gasteiger partial charge in [-0.1, -0.05) is 0 Å². The third-order valence-corrected chi connectivity index (χ3v) is 3.89. The average Bonchev–Trinajstić information content (AvgIpc) is 2.90. The maximum atomic E-state index is 13.2. The molecule has 0 bridgehead atoms. The number of ketones is 1. The molecule has 142 valence electrons. The van der Waals surface area contributed by atoms with E-state index in [-0.39, 0.29) is 5.69 Å². The molecule has 2 rings (SSSR count). The lowest BCUT2D eigenvalue weighted by atomic mass is 9.96. The van der Waals surface area contributed by atoms with Gasteiger partial charge < -0.3 is 9.47 Å². The van der Waals surface area contributed by atoms with Crippen LogP contribution < -0.4 is 4.74 Å². The normalized spacial score (nSPS) is 12.8. The van der Waals surface area contributed by atoms with E-state index < -0.39 is 36.7 Å². The lowest BCUT2D eigenvalue weighted by Crippen LogP contribution is -2.29. The molecule has 0 radical (unpaired) electrons. The number of ether oxygens (including phenoxy) is 2. The molecule has 2 aromatic heterocycles. The number of esters is 1. The molecule has 0 saturated carbocycles. The molecule has 0 spiro atoms. The van der Waals surface area contributed by atoms with E-state index in [4.69, 9.17) is 4.74 Å². The van der Waals surface area contributed by atoms with Gasteiger partial charge in [0.05, 0.1) is 31.7 Å². The highest BCUT2D eigenvalue weighted by Gasteiger charge is 2.43. The van der Waals surface area contributed by atoms with Gasteiger partial charge in [0.1, 0.15) is 5.69 Å². The van der Waals surface area contributed by atoms with E-state index in [1.54, 1.807) is 26.0 Å². The van der Waals surface area contributed by atoms with Crippen molar-refractivity contribution >= 4 is 17.4 Å². The van der Waals surface area contributed by atoms with Crippen LogP contribution in [0.3, 0.4) is 0 Å². The fourth-order valence-electron chi connectivity index (χ4n) is 2.67. The second-order valence-electron chi connectivity index (χ2n) is 5.69. The fraction of sp³-hybridized carbons (Fsp3) is 0.471. The first-order valence-electron chi connectivity index (χ1n) is 7.96. The minimum Gasteiger partial charge on any atom is -0.490 e. The van der Waals surface area contributed by atoms with E-state index in [1.807, 2.05) is 0 Å². The topological polar surface area (TPSA) is 69.9 Å². The molecule has 0 amide bonds. The van der Waals surface area contributed by atoms with Crippen molar-refractivity contribution in [2.75, 3.05) is 13.7 Å². The van der Waals surface area contributed by atoms with Gasteiger partial charge in [0.15, 0.2) is 17.2 Å². The van der Waals surface area contributed by atoms with E-state index in [2.05, 4.69) is 9.72 Å². The van der Waals surface area contributed by atoms with Crippen molar-refractivity contribution in [2.24, 2.45) is 5.92 Å². The van der Waals surface area contributed by atoms with Gasteiger partial charge in [0.25, 0.3) is 0 Å². The molecule has 9 heteroatoms. The van der Waals surface area contributed by atoms with E-state index in [0.717, 1.165) is 7.11 Å². The Morgan fingerprint density at radius 1 is 1.31 bits per heavy atom. The lowest BCUT2D eigenvalue weighted by Gasteiger charge is -2.18. The summed E-state index contributed by atoms with van der Waals surface area (Å²) in [5, 5.41) is 0. The maximum absolute atomic E-state index is 13.2. The van der Waals surface area contributed by atoms with Gasteiger partial charge in [0, 0.05) is 12.6 Å². The first kappa shape index (κ1) is 19.7. The molecule has 0 aliphatic carbocycles. The van der Waals surface area contributed by atoms with Crippen molar-refractivity contribution in [3.05, 3.63) is 29.7 Å². The Balaban J connectivity index is 2.38. The Morgan fingerprint density at radius 3 is 2.58 bits per heavy atom. The maximum Gasteiger partial charge on any atom is 0.392 e. The number of alkyl halides is 3. The Morgan fingerprint density at radius 2 is 2.00 bits per heavy atom. The number of rotatable bonds is 7. The molecule has 0 aromatic carbocycles. The minimum atomic E-state index is -4.70. The molecule has 1 atom stereocenters. The quantitative estimate of drug-likeness (QED) is 0.551. The number of hydrogen-bond acceptors (Lipinski definition) is 5. The third kappa shape index (κ3) is 4.14. The van der Waals surface area contributed by atoms with Crippen LogP contribution in [0.15, 0.2) is 18.3 Å². The molecular formula is C17H19F3N2O4. The van der Waals surface area contributed by atoms with Crippen molar-refractivity contribution in [3.8, 4) is 5.75 Å². The summed E-state index contributed by atoms with van der Waals surface area (Å²) in [6.07, 6.45) is -4.94. The number of imidazole rings is 1. The SMILES string of the molecule is CCOc1cccn2c(C(=O)CC(CC(=O)OC)C(F)(F)F)c(C)nc12. The lowest BCUT2D eigenvalue weighted by molar-refractivity contribution is -0.182. The number of carbonyl (C=O) groups is 2. The fourth-order valence-corrected chi connectivity index (χ4v) is 2.67. The van der Waals surface area contributed by atoms with Gasteiger partial charge >= 0.3 is 12.1 Å². The summed E-state index contributed by atoms with van der Waals surface area (Å²) in [4.78, 5) is 28.1. The molecule has 6 nitrogen and oxygen atoms in total. The summed E-state index contributed by atoms with van der Waals surface area (Å²) in [5.74, 6) is -3.47. The van der Waals surface area contributed by atoms with E-state index in [1.165, 1.54) is 10.6 Å². The summed E-state index contributed by atoms with van der Waals surface area (Å²) < 4.78 is 50.7. The van der Waals surface area contributed by atoms with Crippen LogP contribution in [-0.2, 0) is 9.53 Å². The molecule has 2 heterocycles. The predicted octanol–water partition coefficient (Wildman–Crippen LogP) is 3.36. The molecule has 1 unspecified atom stereocenters. The number of carbonyl (C=O) groups excluding carboxylic acids is 2. The number of fused-ring (bicyclic) bond motifs is 1. The number of nitrogens with zero attached hydrogens (tertiary/aromatic N) is 2. The van der Waals surface area contributed by atoms with Gasteiger partial charge in [-0.25, -0.2) is 4.98 Å². The number of aryl methyl sites for hydroxylation is 1. The van der Waals surface area contributed by atoms with Crippen LogP contribution in [0, 0.1) is 12.8 Å². The van der Waals surface area contributed by atoms with E-state index >= 15 is 0 Å². The van der Waals surface area contributed by atoms with Crippen LogP contribution in [0.4, 0.5) is 13.2 Å². The first-order chi connectivity index (χ1) is 12.2. The summed E-state index contributed by atoms with van der Waals surface area (Å²) in [6, 6.07) is 3.28. The van der Waals surface area contributed by atoms with Gasteiger partial charge in [-0.15, -0.1) is 0 Å². The van der Waals surface area contributed by atoms with Crippen LogP contribution in [0.2, 0.25) is 0 Å². The Kier molecular flexibility index (Phi) is 5.89. The third-order valence-electron chi connectivity index (χ3n) is 3.89. The van der Waals surface area contributed by atoms with Gasteiger partial charge in [-0.3, -0.25) is 14.0 Å². The summed E-state index contributed by atoms with van der Waals surface area (Å²) >= 11 is 0. The van der Waals surface area contributed by atoms with Gasteiger partial charge in [0.2, 0.25) is 0 Å². The zero-order chi connectivity index (χ0) is 19.5. The van der Waals surface area contributed by atoms with Crippen LogP contribution in [-0.4, -0.2) is 41.0 Å². The molecule has 2 aromatic rings. The highest BCUT2D eigenvalue weighted by atomic mass is 19.4. The number of methoxy groups -OCH3 is 1. The zero-order valence-corrected chi connectivity index (χ0v) is 14.6. The second-order valence-corrected chi connectivity index (χ2v) is 5.69. The first-order valence-corrected chi connectivity index (χ1v) is 7.96. The molecule has 0 aliphatic rings. The number of hydrogen-bond donors (Lipinski definition) is 0. The monoisotopic (exact) mass is 372 g/mol. The second kappa shape index (κ2) is 7.76. The number of halogens is 3. The van der Waals surface area contributed by atoms with Crippen LogP contribution in [0.25, 0.3) is 5.65 Å². The molecule has 0 N–H and O–H groups in total. The molecule has 26 heavy (non-hydrogen) atoms. The highest BCUT2D eigenvalue weighted by Crippen LogP contribution is 2.33. The van der Waals surface area contributed by atoms with Crippen molar-refractivity contribution in [1.82, 2.24) is 9.38 Å². The average molecular weight is 372 g/mol. The Labute approximate surface area is 147 Å². The van der Waals surface area contributed by atoms with Crippen molar-refractivity contribution < 1.29 is 32.2 Å². The van der Waals surface area contributed by atoms with E-state index in [9.17, 15) is 22.8 Å². The summed E-state index contributed by atoms with van der Waals surface area (Å²) in [5.41, 5.74) is 0.688. The van der Waals surface area contributed by atoms with Crippen molar-refractivity contribution in [2.45, 2.75) is 32.9 Å². The zero-order valence-electron chi connectivity index (χ0n) is 14.6. The number of pyridine rings is 1. The minimum absolute atomic E-state index is 0.0423. The Hall–Kier alpha value is -2.58. The Bertz CT molecular complexity index is 814. The molecule has 0 fully saturated rings. The smallest absolute Gasteiger partial charge is 0.392 e. The summed E-state index contributed by atoms with van der Waals surface area (Å²) in [7, 11) is 1.00. The standard InChI is InChI=1S/C17H19F3N2O4/c1-4-26-13-6-5-7-22-15(10(2)21-16(13)22)12(23)8-11(17(18,19)20)9-14(24)25-3/h5-7,11H,4,8-9H2,1-3H3.